The Balaban J connectivity index is 1.47. The molecule has 1 atom stereocenters. The number of carbonyl (C=O) groups excluding carboxylic acids is 2. The lowest BCUT2D eigenvalue weighted by Crippen LogP contribution is -2.19. The third-order valence-electron chi connectivity index (χ3n) is 5.07. The van der Waals surface area contributed by atoms with Crippen LogP contribution in [0.15, 0.2) is 72.8 Å². The topological polar surface area (TPSA) is 78.4 Å². The minimum absolute atomic E-state index is 0.00608. The fraction of sp³-hybridized carbons (Fsp3) is 0.200. The molecule has 1 unspecified atom stereocenters. The average molecular weight is 447 g/mol. The van der Waals surface area contributed by atoms with Crippen molar-refractivity contribution in [1.82, 2.24) is 8.75 Å². The van der Waals surface area contributed by atoms with Gasteiger partial charge in [0.2, 0.25) is 0 Å². The Kier molecular flexibility index (Phi) is 6.87. The number of Topliss-reactive ketones (excluding diaryl/α,β-unsaturated/α-hetero) is 1. The predicted molar refractivity (Wildman–Crippen MR) is 123 cm³/mol. The van der Waals surface area contributed by atoms with E-state index < -0.39 is 11.9 Å². The van der Waals surface area contributed by atoms with E-state index in [0.717, 1.165) is 22.8 Å². The first-order chi connectivity index (χ1) is 15.6. The van der Waals surface area contributed by atoms with Crippen molar-refractivity contribution in [3.63, 3.8) is 0 Å². The van der Waals surface area contributed by atoms with Crippen LogP contribution in [-0.4, -0.2) is 27.1 Å². The number of carbonyl (C=O) groups is 2. The first-order valence-electron chi connectivity index (χ1n) is 10.3. The first kappa shape index (κ1) is 21.6. The molecular formula is C25H22N2O4S. The number of ketones is 1. The molecule has 0 N–H and O–H groups in total. The van der Waals surface area contributed by atoms with E-state index in [1.165, 1.54) is 0 Å². The molecule has 4 aromatic rings. The van der Waals surface area contributed by atoms with Crippen molar-refractivity contribution in [2.75, 3.05) is 6.61 Å². The van der Waals surface area contributed by atoms with Crippen molar-refractivity contribution < 1.29 is 19.1 Å². The first-order valence-corrected chi connectivity index (χ1v) is 11.1. The third kappa shape index (κ3) is 5.18. The quantitative estimate of drug-likeness (QED) is 0.260. The summed E-state index contributed by atoms with van der Waals surface area (Å²) in [4.78, 5) is 25.6. The molecule has 1 aromatic heterocycles. The molecule has 3 aromatic carbocycles. The van der Waals surface area contributed by atoms with Crippen molar-refractivity contribution in [1.29, 1.82) is 0 Å². The van der Waals surface area contributed by atoms with Gasteiger partial charge in [-0.1, -0.05) is 36.4 Å². The number of rotatable bonds is 9. The fourth-order valence-electron chi connectivity index (χ4n) is 3.38. The summed E-state index contributed by atoms with van der Waals surface area (Å²) >= 11 is 1.11. The van der Waals surface area contributed by atoms with E-state index in [-0.39, 0.29) is 18.8 Å². The monoisotopic (exact) mass is 446 g/mol. The largest absolute Gasteiger partial charge is 0.489 e. The van der Waals surface area contributed by atoms with Gasteiger partial charge in [0.1, 0.15) is 23.4 Å². The van der Waals surface area contributed by atoms with Crippen LogP contribution < -0.4 is 4.74 Å². The van der Waals surface area contributed by atoms with Crippen LogP contribution in [0.25, 0.3) is 11.0 Å². The Labute approximate surface area is 190 Å². The van der Waals surface area contributed by atoms with Crippen LogP contribution in [0.5, 0.6) is 5.75 Å². The van der Waals surface area contributed by atoms with Crippen LogP contribution in [0.4, 0.5) is 0 Å². The minimum Gasteiger partial charge on any atom is -0.489 e. The highest BCUT2D eigenvalue weighted by atomic mass is 32.1. The van der Waals surface area contributed by atoms with E-state index in [9.17, 15) is 9.59 Å². The second-order valence-corrected chi connectivity index (χ2v) is 7.77. The van der Waals surface area contributed by atoms with Gasteiger partial charge in [-0.2, -0.15) is 8.75 Å². The number of hydrogen-bond donors (Lipinski definition) is 0. The van der Waals surface area contributed by atoms with E-state index in [1.807, 2.05) is 36.4 Å². The number of esters is 1. The molecule has 0 aliphatic heterocycles. The summed E-state index contributed by atoms with van der Waals surface area (Å²) in [5.74, 6) is -0.600. The summed E-state index contributed by atoms with van der Waals surface area (Å²) in [7, 11) is 0. The molecule has 4 rings (SSSR count). The summed E-state index contributed by atoms with van der Waals surface area (Å²) in [6.45, 7) is 2.45. The van der Waals surface area contributed by atoms with E-state index in [1.54, 1.807) is 43.3 Å². The van der Waals surface area contributed by atoms with Gasteiger partial charge in [0.05, 0.1) is 24.3 Å². The van der Waals surface area contributed by atoms with Crippen molar-refractivity contribution in [3.8, 4) is 5.75 Å². The van der Waals surface area contributed by atoms with E-state index in [4.69, 9.17) is 9.47 Å². The molecule has 0 radical (unpaired) electrons. The standard InChI is InChI=1S/C25H22N2O4S/c1-2-30-25(29)21(19-10-13-22-23(14-19)27-32-26-22)15-24(28)18-8-11-20(12-9-18)31-16-17-6-4-3-5-7-17/h3-14,21H,2,15-16H2,1H3. The normalized spacial score (nSPS) is 11.8. The molecule has 7 heteroatoms. The highest BCUT2D eigenvalue weighted by Crippen LogP contribution is 2.27. The lowest BCUT2D eigenvalue weighted by molar-refractivity contribution is -0.144. The van der Waals surface area contributed by atoms with Crippen molar-refractivity contribution >= 4 is 34.5 Å². The summed E-state index contributed by atoms with van der Waals surface area (Å²) in [6, 6.07) is 22.3. The van der Waals surface area contributed by atoms with Gasteiger partial charge in [0, 0.05) is 12.0 Å². The number of aromatic nitrogens is 2. The molecule has 0 aliphatic carbocycles. The van der Waals surface area contributed by atoms with Gasteiger partial charge < -0.3 is 9.47 Å². The summed E-state index contributed by atoms with van der Waals surface area (Å²) in [5.41, 5.74) is 3.74. The molecule has 0 aliphatic rings. The molecule has 0 amide bonds. The fourth-order valence-corrected chi connectivity index (χ4v) is 3.89. The van der Waals surface area contributed by atoms with Crippen LogP contribution in [0, 0.1) is 0 Å². The van der Waals surface area contributed by atoms with Gasteiger partial charge in [-0.25, -0.2) is 0 Å². The molecular weight excluding hydrogens is 424 g/mol. The van der Waals surface area contributed by atoms with Crippen LogP contribution >= 0.6 is 11.7 Å². The Hall–Kier alpha value is -3.58. The van der Waals surface area contributed by atoms with Gasteiger partial charge in [-0.05, 0) is 54.4 Å². The van der Waals surface area contributed by atoms with E-state index in [2.05, 4.69) is 8.75 Å². The number of ether oxygens (including phenoxy) is 2. The maximum Gasteiger partial charge on any atom is 0.313 e. The third-order valence-corrected chi connectivity index (χ3v) is 5.62. The molecule has 0 fully saturated rings. The second-order valence-electron chi connectivity index (χ2n) is 7.24. The van der Waals surface area contributed by atoms with Crippen LogP contribution in [0.2, 0.25) is 0 Å². The zero-order valence-electron chi connectivity index (χ0n) is 17.6. The van der Waals surface area contributed by atoms with Crippen molar-refractivity contribution in [2.24, 2.45) is 0 Å². The number of nitrogens with zero attached hydrogens (tertiary/aromatic N) is 2. The van der Waals surface area contributed by atoms with Gasteiger partial charge >= 0.3 is 5.97 Å². The van der Waals surface area contributed by atoms with Gasteiger partial charge in [-0.15, -0.1) is 0 Å². The summed E-state index contributed by atoms with van der Waals surface area (Å²) in [5, 5.41) is 0. The summed E-state index contributed by atoms with van der Waals surface area (Å²) in [6.07, 6.45) is 0.00608. The second kappa shape index (κ2) is 10.2. The smallest absolute Gasteiger partial charge is 0.313 e. The Morgan fingerprint density at radius 2 is 1.69 bits per heavy atom. The molecule has 0 bridgehead atoms. The number of benzene rings is 3. The van der Waals surface area contributed by atoms with Crippen LogP contribution in [0.1, 0.15) is 40.7 Å². The van der Waals surface area contributed by atoms with E-state index >= 15 is 0 Å². The lowest BCUT2D eigenvalue weighted by Gasteiger charge is -2.15. The highest BCUT2D eigenvalue weighted by molar-refractivity contribution is 7.00. The zero-order chi connectivity index (χ0) is 22.3. The minimum atomic E-state index is -0.706. The molecule has 162 valence electrons. The maximum atomic E-state index is 13.0. The van der Waals surface area contributed by atoms with E-state index in [0.29, 0.717) is 29.0 Å². The predicted octanol–water partition coefficient (Wildman–Crippen LogP) is 5.19. The zero-order valence-corrected chi connectivity index (χ0v) is 18.4. The molecule has 0 spiro atoms. The number of hydrogen-bond acceptors (Lipinski definition) is 7. The molecule has 32 heavy (non-hydrogen) atoms. The van der Waals surface area contributed by atoms with Gasteiger partial charge in [-0.3, -0.25) is 9.59 Å². The lowest BCUT2D eigenvalue weighted by atomic mass is 9.91. The molecule has 0 saturated carbocycles. The van der Waals surface area contributed by atoms with Crippen LogP contribution in [0.3, 0.4) is 0 Å². The molecule has 0 saturated heterocycles. The number of fused-ring (bicyclic) bond motifs is 1. The summed E-state index contributed by atoms with van der Waals surface area (Å²) < 4.78 is 19.4. The Bertz CT molecular complexity index is 1210. The molecule has 1 heterocycles. The SMILES string of the molecule is CCOC(=O)C(CC(=O)c1ccc(OCc2ccccc2)cc1)c1ccc2nsnc2c1. The maximum absolute atomic E-state index is 13.0. The van der Waals surface area contributed by atoms with Crippen molar-refractivity contribution in [2.45, 2.75) is 25.9 Å². The van der Waals surface area contributed by atoms with Crippen molar-refractivity contribution in [3.05, 3.63) is 89.5 Å². The highest BCUT2D eigenvalue weighted by Gasteiger charge is 2.26. The average Bonchev–Trinajstić information content (AvgIpc) is 3.30. The Morgan fingerprint density at radius 1 is 0.938 bits per heavy atom. The Morgan fingerprint density at radius 3 is 2.44 bits per heavy atom. The molecule has 6 nitrogen and oxygen atoms in total. The van der Waals surface area contributed by atoms with Gasteiger partial charge in [0.25, 0.3) is 0 Å². The van der Waals surface area contributed by atoms with Gasteiger partial charge in [0.15, 0.2) is 5.78 Å². The van der Waals surface area contributed by atoms with Crippen LogP contribution in [-0.2, 0) is 16.1 Å².